The number of nitrogens with zero attached hydrogens (tertiary/aromatic N) is 5. The van der Waals surface area contributed by atoms with Crippen molar-refractivity contribution in [2.24, 2.45) is 0 Å². The molecule has 16 rings (SSSR count). The van der Waals surface area contributed by atoms with Crippen LogP contribution in [0.15, 0.2) is 289 Å². The Morgan fingerprint density at radius 1 is 0.301 bits per heavy atom. The second kappa shape index (κ2) is 19.6. The molecule has 0 atom stereocenters. The molecule has 0 radical (unpaired) electrons. The highest BCUT2D eigenvalue weighted by atomic mass is 32.2. The zero-order valence-corrected chi connectivity index (χ0v) is 45.3. The summed E-state index contributed by atoms with van der Waals surface area (Å²) in [4.78, 5) is 11.8. The number of rotatable bonds is 9. The Morgan fingerprint density at radius 2 is 0.687 bits per heavy atom. The molecule has 0 spiro atoms. The van der Waals surface area contributed by atoms with Crippen LogP contribution in [0.4, 0.5) is 98.5 Å². The highest BCUT2D eigenvalue weighted by Gasteiger charge is 2.50. The van der Waals surface area contributed by atoms with E-state index in [1.807, 2.05) is 140 Å². The van der Waals surface area contributed by atoms with Gasteiger partial charge >= 0.3 is 0 Å². The first-order valence-electron chi connectivity index (χ1n) is 27.8. The average molecular weight is 1090 g/mol. The molecule has 5 nitrogen and oxygen atoms in total. The molecule has 0 aliphatic carbocycles. The molecular formula is C72H46B2F3N5S. The van der Waals surface area contributed by atoms with Gasteiger partial charge < -0.3 is 24.5 Å². The van der Waals surface area contributed by atoms with Gasteiger partial charge in [-0.3, -0.25) is 0 Å². The Kier molecular flexibility index (Phi) is 11.5. The summed E-state index contributed by atoms with van der Waals surface area (Å²) in [6.07, 6.45) is 0. The van der Waals surface area contributed by atoms with Crippen LogP contribution in [0.5, 0.6) is 0 Å². The Hall–Kier alpha value is -10.1. The van der Waals surface area contributed by atoms with Crippen molar-refractivity contribution in [3.63, 3.8) is 0 Å². The van der Waals surface area contributed by atoms with Crippen LogP contribution in [-0.4, -0.2) is 13.4 Å². The van der Waals surface area contributed by atoms with E-state index in [4.69, 9.17) is 0 Å². The zero-order valence-electron chi connectivity index (χ0n) is 44.5. The number of benzene rings is 12. The van der Waals surface area contributed by atoms with Gasteiger partial charge in [-0.25, -0.2) is 13.2 Å². The Bertz CT molecular complexity index is 4410. The summed E-state index contributed by atoms with van der Waals surface area (Å²) in [5.41, 5.74) is 16.2. The molecule has 0 fully saturated rings. The van der Waals surface area contributed by atoms with Gasteiger partial charge in [0, 0.05) is 78.0 Å². The molecule has 0 aromatic heterocycles. The molecule has 0 saturated carbocycles. The quantitative estimate of drug-likeness (QED) is 0.133. The smallest absolute Gasteiger partial charge is 0.252 e. The van der Waals surface area contributed by atoms with E-state index in [-0.39, 0.29) is 11.4 Å². The summed E-state index contributed by atoms with van der Waals surface area (Å²) in [7, 11) is 0. The third kappa shape index (κ3) is 7.68. The van der Waals surface area contributed by atoms with E-state index in [1.54, 1.807) is 4.90 Å². The van der Waals surface area contributed by atoms with E-state index >= 15 is 13.2 Å². The van der Waals surface area contributed by atoms with E-state index in [2.05, 4.69) is 141 Å². The summed E-state index contributed by atoms with van der Waals surface area (Å²) in [6.45, 7) is -1.04. The maximum Gasteiger partial charge on any atom is 0.252 e. The lowest BCUT2D eigenvalue weighted by Crippen LogP contribution is -2.65. The van der Waals surface area contributed by atoms with Gasteiger partial charge in [0.25, 0.3) is 6.71 Å². The molecule has 11 heteroatoms. The van der Waals surface area contributed by atoms with Crippen LogP contribution < -0.4 is 57.3 Å². The standard InChI is InChI=1S/C72H46B2F3N5S/c75-59-38-23-39-60(76)71(59)82-64-43-53(78(47-24-7-1-8-25-47)48-26-9-2-10-27-48)42-63-67(64)73(55-36-19-21-40-61(55)80(63)51-32-15-5-16-33-51)57-46-58-72(69(77)70(57)82)83-66-45-54(79(49-28-11-3-12-29-49)50-30-13-4-14-31-50)44-65-68(66)74(58)56-37-20-22-41-62(56)81(65)52-34-17-6-18-35-52/h1-46H. The number of hydrogen-bond acceptors (Lipinski definition) is 6. The minimum Gasteiger partial charge on any atom is -0.311 e. The molecule has 12 aromatic rings. The van der Waals surface area contributed by atoms with Gasteiger partial charge in [-0.15, -0.1) is 0 Å². The first-order valence-corrected chi connectivity index (χ1v) is 28.6. The van der Waals surface area contributed by atoms with Crippen molar-refractivity contribution in [3.05, 3.63) is 297 Å². The largest absolute Gasteiger partial charge is 0.311 e. The number of para-hydroxylation sites is 9. The predicted octanol–water partition coefficient (Wildman–Crippen LogP) is 15.9. The van der Waals surface area contributed by atoms with E-state index in [0.29, 0.717) is 21.7 Å². The van der Waals surface area contributed by atoms with Gasteiger partial charge in [-0.05, 0) is 149 Å². The van der Waals surface area contributed by atoms with E-state index in [1.165, 1.54) is 30.0 Å². The van der Waals surface area contributed by atoms with Crippen molar-refractivity contribution in [1.29, 1.82) is 0 Å². The molecule has 0 saturated heterocycles. The molecule has 4 heterocycles. The molecule has 0 N–H and O–H groups in total. The van der Waals surface area contributed by atoms with Crippen LogP contribution >= 0.6 is 11.8 Å². The van der Waals surface area contributed by atoms with Crippen LogP contribution in [-0.2, 0) is 0 Å². The Morgan fingerprint density at radius 3 is 1.16 bits per heavy atom. The lowest BCUT2D eigenvalue weighted by molar-refractivity contribution is 0.580. The summed E-state index contributed by atoms with van der Waals surface area (Å²) in [6, 6.07) is 92.9. The van der Waals surface area contributed by atoms with E-state index in [9.17, 15) is 0 Å². The van der Waals surface area contributed by atoms with E-state index < -0.39 is 30.9 Å². The summed E-state index contributed by atoms with van der Waals surface area (Å²) >= 11 is 1.38. The average Bonchev–Trinajstić information content (AvgIpc) is 1.23. The third-order valence-corrected chi connectivity index (χ3v) is 17.8. The van der Waals surface area contributed by atoms with Crippen LogP contribution in [0, 0.1) is 17.5 Å². The fourth-order valence-corrected chi connectivity index (χ4v) is 14.5. The van der Waals surface area contributed by atoms with Gasteiger partial charge in [-0.1, -0.05) is 175 Å². The number of fused-ring (bicyclic) bond motifs is 8. The van der Waals surface area contributed by atoms with Crippen LogP contribution in [0.3, 0.4) is 0 Å². The van der Waals surface area contributed by atoms with Crippen molar-refractivity contribution in [1.82, 2.24) is 0 Å². The van der Waals surface area contributed by atoms with Gasteiger partial charge in [0.1, 0.15) is 17.3 Å². The van der Waals surface area contributed by atoms with Gasteiger partial charge in [0.15, 0.2) is 5.82 Å². The molecule has 4 aliphatic rings. The zero-order chi connectivity index (χ0) is 55.3. The molecule has 83 heavy (non-hydrogen) atoms. The molecule has 4 aliphatic heterocycles. The summed E-state index contributed by atoms with van der Waals surface area (Å²) < 4.78 is 54.8. The number of halogens is 3. The predicted molar refractivity (Wildman–Crippen MR) is 340 cm³/mol. The highest BCUT2D eigenvalue weighted by molar-refractivity contribution is 8.00. The third-order valence-electron chi connectivity index (χ3n) is 16.6. The minimum atomic E-state index is -0.818. The lowest BCUT2D eigenvalue weighted by Gasteiger charge is -2.46. The van der Waals surface area contributed by atoms with Crippen molar-refractivity contribution in [2.45, 2.75) is 9.79 Å². The van der Waals surface area contributed by atoms with Crippen molar-refractivity contribution >= 4 is 143 Å². The first-order chi connectivity index (χ1) is 41.0. The van der Waals surface area contributed by atoms with Gasteiger partial charge in [0.05, 0.1) is 11.4 Å². The van der Waals surface area contributed by atoms with Crippen LogP contribution in [0.25, 0.3) is 0 Å². The summed E-state index contributed by atoms with van der Waals surface area (Å²) in [5, 5.41) is 0. The van der Waals surface area contributed by atoms with Crippen molar-refractivity contribution < 1.29 is 13.2 Å². The van der Waals surface area contributed by atoms with E-state index in [0.717, 1.165) is 94.8 Å². The van der Waals surface area contributed by atoms with Crippen LogP contribution in [0.1, 0.15) is 0 Å². The topological polar surface area (TPSA) is 16.2 Å². The fraction of sp³-hybridized carbons (Fsp3) is 0. The minimum absolute atomic E-state index is 0.0971. The van der Waals surface area contributed by atoms with Crippen molar-refractivity contribution in [3.8, 4) is 0 Å². The molecule has 0 amide bonds. The molecule has 12 aromatic carbocycles. The normalized spacial score (nSPS) is 13.1. The first kappa shape index (κ1) is 48.8. The van der Waals surface area contributed by atoms with Crippen LogP contribution in [0.2, 0.25) is 0 Å². The maximum absolute atomic E-state index is 19.9. The molecular weight excluding hydrogens is 1050 g/mol. The lowest BCUT2D eigenvalue weighted by atomic mass is 9.31. The molecule has 0 unspecified atom stereocenters. The maximum atomic E-state index is 19.9. The number of anilines is 15. The second-order valence-electron chi connectivity index (χ2n) is 21.2. The SMILES string of the molecule is Fc1cccc(F)c1N1c2cc(N(c3ccccc3)c3ccccc3)cc3c2B(c2ccccc2N3c2ccccc2)c2cc3c(c(F)c21)Sc1cc(N(c2ccccc2)c2ccccc2)cc2c1B3c1ccccc1N2c1ccccc1. The second-order valence-corrected chi connectivity index (χ2v) is 22.2. The Balaban J connectivity index is 1.01. The highest BCUT2D eigenvalue weighted by Crippen LogP contribution is 2.52. The molecule has 392 valence electrons. The van der Waals surface area contributed by atoms with Gasteiger partial charge in [-0.2, -0.15) is 0 Å². The monoisotopic (exact) mass is 1090 g/mol. The Labute approximate surface area is 484 Å². The van der Waals surface area contributed by atoms with Gasteiger partial charge in [0.2, 0.25) is 6.71 Å². The molecule has 0 bridgehead atoms. The number of hydrogen-bond donors (Lipinski definition) is 0. The summed E-state index contributed by atoms with van der Waals surface area (Å²) in [5.74, 6) is -2.19. The fourth-order valence-electron chi connectivity index (χ4n) is 13.3. The van der Waals surface area contributed by atoms with Crippen molar-refractivity contribution in [2.75, 3.05) is 24.5 Å².